The lowest BCUT2D eigenvalue weighted by Crippen LogP contribution is -2.32. The SMILES string of the molecule is CCCC1CC(=O)N(CC(=O)COC)C1. The van der Waals surface area contributed by atoms with Crippen LogP contribution in [0.3, 0.4) is 0 Å². The van der Waals surface area contributed by atoms with E-state index in [9.17, 15) is 9.59 Å². The Hall–Kier alpha value is -0.900. The summed E-state index contributed by atoms with van der Waals surface area (Å²) in [4.78, 5) is 24.5. The van der Waals surface area contributed by atoms with Crippen molar-refractivity contribution in [3.05, 3.63) is 0 Å². The number of Topliss-reactive ketones (excluding diaryl/α,β-unsaturated/α-hetero) is 1. The summed E-state index contributed by atoms with van der Waals surface area (Å²) in [6, 6.07) is 0. The average molecular weight is 213 g/mol. The van der Waals surface area contributed by atoms with E-state index < -0.39 is 0 Å². The largest absolute Gasteiger partial charge is 0.377 e. The van der Waals surface area contributed by atoms with Crippen molar-refractivity contribution in [2.45, 2.75) is 26.2 Å². The molecule has 86 valence electrons. The summed E-state index contributed by atoms with van der Waals surface area (Å²) in [5.74, 6) is 0.527. The Morgan fingerprint density at radius 1 is 1.60 bits per heavy atom. The normalized spacial score (nSPS) is 21.1. The van der Waals surface area contributed by atoms with Crippen LogP contribution in [-0.2, 0) is 14.3 Å². The van der Waals surface area contributed by atoms with Crippen LogP contribution in [0.15, 0.2) is 0 Å². The second-order valence-corrected chi connectivity index (χ2v) is 4.10. The van der Waals surface area contributed by atoms with E-state index in [-0.39, 0.29) is 24.8 Å². The number of hydrogen-bond donors (Lipinski definition) is 0. The van der Waals surface area contributed by atoms with Gasteiger partial charge < -0.3 is 9.64 Å². The minimum absolute atomic E-state index is 0.0250. The van der Waals surface area contributed by atoms with Crippen molar-refractivity contribution in [3.8, 4) is 0 Å². The maximum Gasteiger partial charge on any atom is 0.223 e. The van der Waals surface area contributed by atoms with E-state index >= 15 is 0 Å². The smallest absolute Gasteiger partial charge is 0.223 e. The van der Waals surface area contributed by atoms with Crippen molar-refractivity contribution in [1.82, 2.24) is 4.90 Å². The highest BCUT2D eigenvalue weighted by Gasteiger charge is 2.29. The van der Waals surface area contributed by atoms with Crippen molar-refractivity contribution in [2.24, 2.45) is 5.92 Å². The Morgan fingerprint density at radius 2 is 2.33 bits per heavy atom. The summed E-state index contributed by atoms with van der Waals surface area (Å²) in [5, 5.41) is 0. The molecule has 1 amide bonds. The van der Waals surface area contributed by atoms with Gasteiger partial charge in [-0.1, -0.05) is 13.3 Å². The summed E-state index contributed by atoms with van der Waals surface area (Å²) in [7, 11) is 1.49. The van der Waals surface area contributed by atoms with E-state index in [4.69, 9.17) is 4.74 Å². The molecular formula is C11H19NO3. The van der Waals surface area contributed by atoms with Gasteiger partial charge in [-0.05, 0) is 12.3 Å². The Labute approximate surface area is 90.6 Å². The van der Waals surface area contributed by atoms with Gasteiger partial charge in [-0.15, -0.1) is 0 Å². The topological polar surface area (TPSA) is 46.6 Å². The van der Waals surface area contributed by atoms with Crippen LogP contribution in [0.25, 0.3) is 0 Å². The molecule has 0 saturated carbocycles. The molecule has 0 aromatic heterocycles. The first-order chi connectivity index (χ1) is 7.17. The van der Waals surface area contributed by atoms with Crippen LogP contribution in [0.5, 0.6) is 0 Å². The molecule has 1 heterocycles. The third kappa shape index (κ3) is 3.63. The fourth-order valence-corrected chi connectivity index (χ4v) is 2.03. The molecule has 0 bridgehead atoms. The third-order valence-electron chi connectivity index (χ3n) is 2.66. The number of ketones is 1. The maximum absolute atomic E-state index is 11.5. The molecule has 4 heteroatoms. The van der Waals surface area contributed by atoms with E-state index in [0.717, 1.165) is 19.4 Å². The lowest BCUT2D eigenvalue weighted by atomic mass is 10.0. The molecule has 1 saturated heterocycles. The van der Waals surface area contributed by atoms with Gasteiger partial charge >= 0.3 is 0 Å². The Morgan fingerprint density at radius 3 is 2.93 bits per heavy atom. The standard InChI is InChI=1S/C11H19NO3/c1-3-4-9-5-11(14)12(6-9)7-10(13)8-15-2/h9H,3-8H2,1-2H3. The predicted molar refractivity (Wildman–Crippen MR) is 56.5 cm³/mol. The summed E-state index contributed by atoms with van der Waals surface area (Å²) < 4.78 is 4.74. The van der Waals surface area contributed by atoms with Crippen LogP contribution >= 0.6 is 0 Å². The minimum Gasteiger partial charge on any atom is -0.377 e. The first kappa shape index (κ1) is 12.2. The fraction of sp³-hybridized carbons (Fsp3) is 0.818. The van der Waals surface area contributed by atoms with Crippen molar-refractivity contribution < 1.29 is 14.3 Å². The molecule has 1 fully saturated rings. The van der Waals surface area contributed by atoms with E-state index in [1.54, 1.807) is 4.90 Å². The summed E-state index contributed by atoms with van der Waals surface area (Å²) in [6.07, 6.45) is 2.77. The number of nitrogens with zero attached hydrogens (tertiary/aromatic N) is 1. The van der Waals surface area contributed by atoms with Gasteiger partial charge in [-0.3, -0.25) is 9.59 Å². The van der Waals surface area contributed by atoms with Gasteiger partial charge in [0.2, 0.25) is 5.91 Å². The van der Waals surface area contributed by atoms with Gasteiger partial charge in [0.15, 0.2) is 5.78 Å². The van der Waals surface area contributed by atoms with Gasteiger partial charge in [0.1, 0.15) is 6.61 Å². The predicted octanol–water partition coefficient (Wildman–Crippen LogP) is 0.851. The molecule has 1 unspecified atom stereocenters. The second-order valence-electron chi connectivity index (χ2n) is 4.10. The van der Waals surface area contributed by atoms with Gasteiger partial charge in [-0.25, -0.2) is 0 Å². The quantitative estimate of drug-likeness (QED) is 0.657. The van der Waals surface area contributed by atoms with E-state index in [2.05, 4.69) is 6.92 Å². The second kappa shape index (κ2) is 5.85. The van der Waals surface area contributed by atoms with Crippen LogP contribution < -0.4 is 0 Å². The first-order valence-corrected chi connectivity index (χ1v) is 5.45. The molecule has 1 aliphatic rings. The highest BCUT2D eigenvalue weighted by Crippen LogP contribution is 2.21. The molecule has 4 nitrogen and oxygen atoms in total. The summed E-state index contributed by atoms with van der Waals surface area (Å²) in [6.45, 7) is 3.17. The maximum atomic E-state index is 11.5. The fourth-order valence-electron chi connectivity index (χ4n) is 2.03. The Balaban J connectivity index is 2.37. The van der Waals surface area contributed by atoms with Crippen LogP contribution in [-0.4, -0.2) is 43.4 Å². The molecule has 0 N–H and O–H groups in total. The van der Waals surface area contributed by atoms with Gasteiger partial charge in [0, 0.05) is 20.1 Å². The molecule has 0 spiro atoms. The van der Waals surface area contributed by atoms with Crippen molar-refractivity contribution in [3.63, 3.8) is 0 Å². The highest BCUT2D eigenvalue weighted by atomic mass is 16.5. The third-order valence-corrected chi connectivity index (χ3v) is 2.66. The molecule has 0 aliphatic carbocycles. The van der Waals surface area contributed by atoms with Crippen LogP contribution in [0.4, 0.5) is 0 Å². The van der Waals surface area contributed by atoms with E-state index in [0.29, 0.717) is 12.3 Å². The summed E-state index contributed by atoms with van der Waals surface area (Å²) >= 11 is 0. The Bertz CT molecular complexity index is 240. The van der Waals surface area contributed by atoms with Crippen molar-refractivity contribution in [2.75, 3.05) is 26.8 Å². The molecule has 0 aromatic carbocycles. The zero-order valence-electron chi connectivity index (χ0n) is 9.49. The van der Waals surface area contributed by atoms with Crippen LogP contribution in [0, 0.1) is 5.92 Å². The number of carbonyl (C=O) groups excluding carboxylic acids is 2. The molecule has 0 aromatic rings. The molecule has 15 heavy (non-hydrogen) atoms. The number of likely N-dealkylation sites (tertiary alicyclic amines) is 1. The number of methoxy groups -OCH3 is 1. The number of ether oxygens (including phenoxy) is 1. The minimum atomic E-state index is -0.0250. The molecular weight excluding hydrogens is 194 g/mol. The molecule has 1 aliphatic heterocycles. The van der Waals surface area contributed by atoms with Crippen molar-refractivity contribution >= 4 is 11.7 Å². The van der Waals surface area contributed by atoms with E-state index in [1.165, 1.54) is 7.11 Å². The monoisotopic (exact) mass is 213 g/mol. The van der Waals surface area contributed by atoms with Gasteiger partial charge in [-0.2, -0.15) is 0 Å². The summed E-state index contributed by atoms with van der Waals surface area (Å²) in [5.41, 5.74) is 0. The number of amides is 1. The lowest BCUT2D eigenvalue weighted by molar-refractivity contribution is -0.133. The lowest BCUT2D eigenvalue weighted by Gasteiger charge is -2.15. The number of carbonyl (C=O) groups is 2. The molecule has 1 rings (SSSR count). The van der Waals surface area contributed by atoms with E-state index in [1.807, 2.05) is 0 Å². The van der Waals surface area contributed by atoms with Gasteiger partial charge in [0.05, 0.1) is 6.54 Å². The molecule has 0 radical (unpaired) electrons. The number of hydrogen-bond acceptors (Lipinski definition) is 3. The van der Waals surface area contributed by atoms with Crippen LogP contribution in [0.1, 0.15) is 26.2 Å². The number of rotatable bonds is 6. The zero-order chi connectivity index (χ0) is 11.3. The zero-order valence-corrected chi connectivity index (χ0v) is 9.49. The molecule has 1 atom stereocenters. The Kier molecular flexibility index (Phi) is 4.75. The van der Waals surface area contributed by atoms with Gasteiger partial charge in [0.25, 0.3) is 0 Å². The first-order valence-electron chi connectivity index (χ1n) is 5.45. The average Bonchev–Trinajstić information content (AvgIpc) is 2.48. The van der Waals surface area contributed by atoms with Crippen molar-refractivity contribution in [1.29, 1.82) is 0 Å². The highest BCUT2D eigenvalue weighted by molar-refractivity contribution is 5.87. The van der Waals surface area contributed by atoms with Crippen LogP contribution in [0.2, 0.25) is 0 Å².